The van der Waals surface area contributed by atoms with Crippen LogP contribution in [0, 0.1) is 20.8 Å². The van der Waals surface area contributed by atoms with Crippen LogP contribution in [0.2, 0.25) is 0 Å². The molecule has 3 rings (SSSR count). The number of hydrogen-bond donors (Lipinski definition) is 1. The first-order chi connectivity index (χ1) is 11.5. The van der Waals surface area contributed by atoms with Crippen molar-refractivity contribution in [2.45, 2.75) is 40.3 Å². The molecule has 0 aliphatic heterocycles. The van der Waals surface area contributed by atoms with Gasteiger partial charge in [-0.2, -0.15) is 5.10 Å². The normalized spacial score (nSPS) is 12.3. The van der Waals surface area contributed by atoms with Gasteiger partial charge in [-0.3, -0.25) is 0 Å². The van der Waals surface area contributed by atoms with Crippen LogP contribution in [0.5, 0.6) is 0 Å². The van der Waals surface area contributed by atoms with E-state index in [4.69, 9.17) is 0 Å². The molecular formula is C20H24N4. The molecule has 0 spiro atoms. The van der Waals surface area contributed by atoms with E-state index in [1.807, 2.05) is 0 Å². The van der Waals surface area contributed by atoms with Crippen molar-refractivity contribution >= 4 is 0 Å². The van der Waals surface area contributed by atoms with Crippen molar-refractivity contribution in [1.29, 1.82) is 0 Å². The van der Waals surface area contributed by atoms with Crippen LogP contribution < -0.4 is 5.32 Å². The van der Waals surface area contributed by atoms with Crippen LogP contribution >= 0.6 is 0 Å². The summed E-state index contributed by atoms with van der Waals surface area (Å²) in [6.45, 7) is 9.59. The summed E-state index contributed by atoms with van der Waals surface area (Å²) in [5.74, 6) is 0. The number of rotatable bonds is 5. The van der Waals surface area contributed by atoms with E-state index in [0.29, 0.717) is 0 Å². The molecule has 0 aliphatic carbocycles. The summed E-state index contributed by atoms with van der Waals surface area (Å²) in [6.07, 6.45) is 3.25. The molecule has 0 radical (unpaired) electrons. The molecule has 0 unspecified atom stereocenters. The molecule has 0 aliphatic rings. The topological polar surface area (TPSA) is 42.7 Å². The Balaban J connectivity index is 1.67. The zero-order valence-corrected chi connectivity index (χ0v) is 14.7. The summed E-state index contributed by atoms with van der Waals surface area (Å²) >= 11 is 0. The predicted octanol–water partition coefficient (Wildman–Crippen LogP) is 4.04. The van der Waals surface area contributed by atoms with Gasteiger partial charge in [-0.15, -0.1) is 0 Å². The van der Waals surface area contributed by atoms with Crippen molar-refractivity contribution < 1.29 is 0 Å². The molecule has 0 bridgehead atoms. The van der Waals surface area contributed by atoms with Gasteiger partial charge in [-0.1, -0.05) is 24.3 Å². The summed E-state index contributed by atoms with van der Waals surface area (Å²) in [6, 6.07) is 13.3. The molecule has 24 heavy (non-hydrogen) atoms. The first kappa shape index (κ1) is 16.4. The van der Waals surface area contributed by atoms with Crippen LogP contribution in [0.3, 0.4) is 0 Å². The van der Waals surface area contributed by atoms with Crippen LogP contribution in [0.15, 0.2) is 49.1 Å². The number of aromatic nitrogens is 3. The van der Waals surface area contributed by atoms with Crippen molar-refractivity contribution in [3.8, 4) is 5.69 Å². The summed E-state index contributed by atoms with van der Waals surface area (Å²) in [4.78, 5) is 3.98. The van der Waals surface area contributed by atoms with Gasteiger partial charge >= 0.3 is 0 Å². The number of aryl methyl sites for hydroxylation is 3. The quantitative estimate of drug-likeness (QED) is 0.771. The zero-order chi connectivity index (χ0) is 17.1. The van der Waals surface area contributed by atoms with E-state index in [1.165, 1.54) is 27.8 Å². The van der Waals surface area contributed by atoms with Crippen LogP contribution in [-0.2, 0) is 6.54 Å². The lowest BCUT2D eigenvalue weighted by Crippen LogP contribution is -2.19. The largest absolute Gasteiger partial charge is 0.306 e. The Hall–Kier alpha value is -2.46. The van der Waals surface area contributed by atoms with E-state index < -0.39 is 0 Å². The Morgan fingerprint density at radius 1 is 1.00 bits per heavy atom. The third kappa shape index (κ3) is 3.54. The fourth-order valence-corrected chi connectivity index (χ4v) is 2.85. The molecule has 1 heterocycles. The molecule has 1 atom stereocenters. The average Bonchev–Trinajstić information content (AvgIpc) is 3.11. The molecule has 0 saturated heterocycles. The molecule has 0 amide bonds. The first-order valence-corrected chi connectivity index (χ1v) is 8.29. The Kier molecular flexibility index (Phi) is 4.76. The smallest absolute Gasteiger partial charge is 0.138 e. The minimum absolute atomic E-state index is 0.288. The lowest BCUT2D eigenvalue weighted by Gasteiger charge is -2.17. The fourth-order valence-electron chi connectivity index (χ4n) is 2.85. The van der Waals surface area contributed by atoms with Gasteiger partial charge in [0.1, 0.15) is 12.7 Å². The van der Waals surface area contributed by atoms with E-state index in [2.05, 4.69) is 79.5 Å². The van der Waals surface area contributed by atoms with Gasteiger partial charge < -0.3 is 5.32 Å². The Morgan fingerprint density at radius 3 is 2.38 bits per heavy atom. The molecule has 0 fully saturated rings. The standard InChI is InChI=1S/C20H24N4/c1-14-9-16(3)19(10-15(14)2)11-22-17(4)18-5-7-20(8-6-18)24-13-21-12-23-24/h5-10,12-13,17,22H,11H2,1-4H3/t17-/m0/s1. The van der Waals surface area contributed by atoms with Gasteiger partial charge in [-0.25, -0.2) is 9.67 Å². The average molecular weight is 320 g/mol. The Morgan fingerprint density at radius 2 is 1.71 bits per heavy atom. The van der Waals surface area contributed by atoms with Gasteiger partial charge in [0, 0.05) is 12.6 Å². The summed E-state index contributed by atoms with van der Waals surface area (Å²) in [5, 5.41) is 7.77. The van der Waals surface area contributed by atoms with Crippen LogP contribution in [0.4, 0.5) is 0 Å². The number of nitrogens with zero attached hydrogens (tertiary/aromatic N) is 3. The van der Waals surface area contributed by atoms with Gasteiger partial charge in [-0.05, 0) is 67.6 Å². The Labute approximate surface area is 143 Å². The highest BCUT2D eigenvalue weighted by Gasteiger charge is 2.08. The minimum atomic E-state index is 0.288. The Bertz CT molecular complexity index is 804. The van der Waals surface area contributed by atoms with Gasteiger partial charge in [0.25, 0.3) is 0 Å². The summed E-state index contributed by atoms with van der Waals surface area (Å²) in [7, 11) is 0. The second-order valence-electron chi connectivity index (χ2n) is 6.40. The van der Waals surface area contributed by atoms with E-state index in [0.717, 1.165) is 12.2 Å². The van der Waals surface area contributed by atoms with E-state index >= 15 is 0 Å². The highest BCUT2D eigenvalue weighted by atomic mass is 15.3. The third-order valence-corrected chi connectivity index (χ3v) is 4.63. The predicted molar refractivity (Wildman–Crippen MR) is 97.3 cm³/mol. The molecule has 3 aromatic rings. The van der Waals surface area contributed by atoms with E-state index in [-0.39, 0.29) is 6.04 Å². The number of benzene rings is 2. The van der Waals surface area contributed by atoms with Gasteiger partial charge in [0.05, 0.1) is 5.69 Å². The SMILES string of the molecule is Cc1cc(C)c(CN[C@@H](C)c2ccc(-n3cncn3)cc2)cc1C. The maximum absolute atomic E-state index is 4.15. The lowest BCUT2D eigenvalue weighted by molar-refractivity contribution is 0.573. The van der Waals surface area contributed by atoms with Crippen molar-refractivity contribution in [3.05, 3.63) is 76.9 Å². The summed E-state index contributed by atoms with van der Waals surface area (Å²) in [5.41, 5.74) is 7.70. The third-order valence-electron chi connectivity index (χ3n) is 4.63. The minimum Gasteiger partial charge on any atom is -0.306 e. The second-order valence-corrected chi connectivity index (χ2v) is 6.40. The highest BCUT2D eigenvalue weighted by molar-refractivity contribution is 5.37. The summed E-state index contributed by atoms with van der Waals surface area (Å²) < 4.78 is 1.76. The highest BCUT2D eigenvalue weighted by Crippen LogP contribution is 2.18. The fraction of sp³-hybridized carbons (Fsp3) is 0.300. The molecule has 4 heteroatoms. The van der Waals surface area contributed by atoms with Crippen molar-refractivity contribution in [3.63, 3.8) is 0 Å². The van der Waals surface area contributed by atoms with Crippen molar-refractivity contribution in [2.75, 3.05) is 0 Å². The lowest BCUT2D eigenvalue weighted by atomic mass is 10.0. The molecule has 4 nitrogen and oxygen atoms in total. The molecule has 1 N–H and O–H groups in total. The molecular weight excluding hydrogens is 296 g/mol. The monoisotopic (exact) mass is 320 g/mol. The van der Waals surface area contributed by atoms with Gasteiger partial charge in [0.2, 0.25) is 0 Å². The van der Waals surface area contributed by atoms with Crippen molar-refractivity contribution in [1.82, 2.24) is 20.1 Å². The zero-order valence-electron chi connectivity index (χ0n) is 14.7. The maximum Gasteiger partial charge on any atom is 0.138 e. The van der Waals surface area contributed by atoms with Crippen LogP contribution in [0.25, 0.3) is 5.69 Å². The first-order valence-electron chi connectivity index (χ1n) is 8.29. The number of hydrogen-bond acceptors (Lipinski definition) is 3. The molecule has 124 valence electrons. The van der Waals surface area contributed by atoms with Gasteiger partial charge in [0.15, 0.2) is 0 Å². The van der Waals surface area contributed by atoms with Crippen LogP contribution in [-0.4, -0.2) is 14.8 Å². The molecule has 2 aromatic carbocycles. The maximum atomic E-state index is 4.15. The number of nitrogens with one attached hydrogen (secondary N) is 1. The van der Waals surface area contributed by atoms with E-state index in [1.54, 1.807) is 17.3 Å². The molecule has 0 saturated carbocycles. The molecule has 1 aromatic heterocycles. The van der Waals surface area contributed by atoms with E-state index in [9.17, 15) is 0 Å². The van der Waals surface area contributed by atoms with Crippen molar-refractivity contribution in [2.24, 2.45) is 0 Å². The van der Waals surface area contributed by atoms with Crippen LogP contribution in [0.1, 0.15) is 40.8 Å². The second kappa shape index (κ2) is 6.97.